The molecule has 2 rings (SSSR count). The van der Waals surface area contributed by atoms with Crippen molar-refractivity contribution < 1.29 is 19.1 Å². The van der Waals surface area contributed by atoms with E-state index in [-0.39, 0.29) is 16.8 Å². The van der Waals surface area contributed by atoms with E-state index in [0.29, 0.717) is 5.69 Å². The molecule has 0 bridgehead atoms. The number of nitrogens with two attached hydrogens (primary N) is 1. The first-order chi connectivity index (χ1) is 9.49. The molecule has 0 fully saturated rings. The van der Waals surface area contributed by atoms with Crippen molar-refractivity contribution in [2.75, 3.05) is 11.1 Å². The molecule has 20 heavy (non-hydrogen) atoms. The number of carbonyl (C=O) groups excluding carboxylic acids is 1. The Labute approximate surface area is 113 Å². The topological polar surface area (TPSA) is 92.4 Å². The predicted octanol–water partition coefficient (Wildman–Crippen LogP) is 2.36. The molecule has 0 radical (unpaired) electrons. The van der Waals surface area contributed by atoms with E-state index in [2.05, 4.69) is 5.32 Å². The number of hydrogen-bond acceptors (Lipinski definition) is 3. The molecule has 0 saturated carbocycles. The summed E-state index contributed by atoms with van der Waals surface area (Å²) in [6.45, 7) is 0. The number of benzene rings is 2. The monoisotopic (exact) mass is 274 g/mol. The van der Waals surface area contributed by atoms with Crippen molar-refractivity contribution in [3.05, 3.63) is 59.4 Å². The third-order valence-corrected chi connectivity index (χ3v) is 2.66. The molecular formula is C14H11FN2O3. The van der Waals surface area contributed by atoms with Crippen LogP contribution in [0.2, 0.25) is 0 Å². The summed E-state index contributed by atoms with van der Waals surface area (Å²) in [5.41, 5.74) is 5.56. The van der Waals surface area contributed by atoms with Crippen molar-refractivity contribution in [1.29, 1.82) is 0 Å². The highest BCUT2D eigenvalue weighted by Crippen LogP contribution is 2.21. The fourth-order valence-corrected chi connectivity index (χ4v) is 1.65. The Morgan fingerprint density at radius 2 is 1.75 bits per heavy atom. The van der Waals surface area contributed by atoms with E-state index in [9.17, 15) is 14.0 Å². The summed E-state index contributed by atoms with van der Waals surface area (Å²) >= 11 is 0. The minimum atomic E-state index is -1.32. The van der Waals surface area contributed by atoms with E-state index in [1.807, 2.05) is 0 Å². The van der Waals surface area contributed by atoms with E-state index < -0.39 is 17.7 Å². The van der Waals surface area contributed by atoms with Crippen molar-refractivity contribution in [3.8, 4) is 0 Å². The summed E-state index contributed by atoms with van der Waals surface area (Å²) in [5, 5.41) is 11.2. The first-order valence-electron chi connectivity index (χ1n) is 5.67. The minimum Gasteiger partial charge on any atom is -0.478 e. The number of halogens is 1. The lowest BCUT2D eigenvalue weighted by molar-refractivity contribution is 0.0697. The second-order valence-corrected chi connectivity index (χ2v) is 4.04. The normalized spacial score (nSPS) is 10.1. The lowest BCUT2D eigenvalue weighted by atomic mass is 10.1. The number of para-hydroxylation sites is 1. The van der Waals surface area contributed by atoms with E-state index in [4.69, 9.17) is 10.8 Å². The van der Waals surface area contributed by atoms with Crippen LogP contribution in [-0.4, -0.2) is 17.0 Å². The van der Waals surface area contributed by atoms with E-state index in [0.717, 1.165) is 6.07 Å². The average molecular weight is 274 g/mol. The number of nitrogen functional groups attached to an aromatic ring is 1. The van der Waals surface area contributed by atoms with Gasteiger partial charge in [0.15, 0.2) is 0 Å². The van der Waals surface area contributed by atoms with Gasteiger partial charge in [-0.1, -0.05) is 6.07 Å². The van der Waals surface area contributed by atoms with Crippen LogP contribution in [0.4, 0.5) is 15.8 Å². The number of hydrogen-bond donors (Lipinski definition) is 3. The van der Waals surface area contributed by atoms with Gasteiger partial charge in [-0.2, -0.15) is 0 Å². The van der Waals surface area contributed by atoms with Crippen LogP contribution in [0.15, 0.2) is 42.5 Å². The van der Waals surface area contributed by atoms with Gasteiger partial charge in [-0.25, -0.2) is 9.18 Å². The molecule has 0 aliphatic carbocycles. The maximum atomic E-state index is 13.7. The molecule has 0 aliphatic heterocycles. The van der Waals surface area contributed by atoms with Gasteiger partial charge in [-0.15, -0.1) is 0 Å². The number of rotatable bonds is 3. The smallest absolute Gasteiger partial charge is 0.337 e. The molecule has 5 nitrogen and oxygen atoms in total. The molecule has 2 aromatic rings. The van der Waals surface area contributed by atoms with Crippen molar-refractivity contribution in [2.24, 2.45) is 0 Å². The van der Waals surface area contributed by atoms with E-state index >= 15 is 0 Å². The molecule has 0 spiro atoms. The summed E-state index contributed by atoms with van der Waals surface area (Å²) in [6.07, 6.45) is 0. The van der Waals surface area contributed by atoms with Crippen LogP contribution >= 0.6 is 0 Å². The quantitative estimate of drug-likeness (QED) is 0.749. The van der Waals surface area contributed by atoms with Gasteiger partial charge in [0.05, 0.1) is 11.3 Å². The van der Waals surface area contributed by atoms with Crippen molar-refractivity contribution >= 4 is 23.3 Å². The summed E-state index contributed by atoms with van der Waals surface area (Å²) in [7, 11) is 0. The molecule has 1 amide bonds. The Morgan fingerprint density at radius 3 is 2.35 bits per heavy atom. The number of nitrogens with one attached hydrogen (secondary N) is 1. The molecule has 0 aliphatic rings. The van der Waals surface area contributed by atoms with Crippen LogP contribution in [0.1, 0.15) is 20.7 Å². The summed E-state index contributed by atoms with van der Waals surface area (Å²) in [5.74, 6) is -2.75. The van der Waals surface area contributed by atoms with Crippen LogP contribution < -0.4 is 11.1 Å². The molecule has 0 unspecified atom stereocenters. The Morgan fingerprint density at radius 1 is 1.10 bits per heavy atom. The third-order valence-electron chi connectivity index (χ3n) is 2.66. The first kappa shape index (κ1) is 13.5. The van der Waals surface area contributed by atoms with Gasteiger partial charge in [0.2, 0.25) is 0 Å². The maximum absolute atomic E-state index is 13.7. The molecule has 2 aromatic carbocycles. The first-order valence-corrected chi connectivity index (χ1v) is 5.67. The lowest BCUT2D eigenvalue weighted by Gasteiger charge is -2.09. The Hall–Kier alpha value is -2.89. The van der Waals surface area contributed by atoms with Crippen molar-refractivity contribution in [2.45, 2.75) is 0 Å². The minimum absolute atomic E-state index is 0.249. The zero-order valence-electron chi connectivity index (χ0n) is 10.3. The zero-order chi connectivity index (χ0) is 14.7. The molecule has 0 saturated heterocycles. The third kappa shape index (κ3) is 2.74. The highest BCUT2D eigenvalue weighted by Gasteiger charge is 2.17. The van der Waals surface area contributed by atoms with Gasteiger partial charge in [0.1, 0.15) is 5.82 Å². The molecular weight excluding hydrogens is 263 g/mol. The largest absolute Gasteiger partial charge is 0.478 e. The van der Waals surface area contributed by atoms with Crippen molar-refractivity contribution in [1.82, 2.24) is 0 Å². The van der Waals surface area contributed by atoms with E-state index in [1.165, 1.54) is 36.4 Å². The lowest BCUT2D eigenvalue weighted by Crippen LogP contribution is -2.16. The van der Waals surface area contributed by atoms with Crippen LogP contribution in [0.5, 0.6) is 0 Å². The van der Waals surface area contributed by atoms with Gasteiger partial charge in [-0.3, -0.25) is 4.79 Å². The fraction of sp³-hybridized carbons (Fsp3) is 0. The summed E-state index contributed by atoms with van der Waals surface area (Å²) in [6, 6.07) is 9.52. The van der Waals surface area contributed by atoms with Gasteiger partial charge >= 0.3 is 5.97 Å². The molecule has 0 atom stereocenters. The van der Waals surface area contributed by atoms with Crippen LogP contribution in [-0.2, 0) is 0 Å². The molecule has 0 aromatic heterocycles. The molecule has 0 heterocycles. The van der Waals surface area contributed by atoms with Crippen LogP contribution in [0.3, 0.4) is 0 Å². The number of carboxylic acid groups (broad SMARTS) is 1. The van der Waals surface area contributed by atoms with Crippen molar-refractivity contribution in [3.63, 3.8) is 0 Å². The number of amides is 1. The highest BCUT2D eigenvalue weighted by atomic mass is 19.1. The number of anilines is 2. The second kappa shape index (κ2) is 5.40. The maximum Gasteiger partial charge on any atom is 0.337 e. The number of carbonyl (C=O) groups is 2. The standard InChI is InChI=1S/C14H11FN2O3/c15-11-3-1-2-10(14(19)20)12(11)17-13(18)8-4-6-9(16)7-5-8/h1-7H,16H2,(H,17,18)(H,19,20). The van der Waals surface area contributed by atoms with Gasteiger partial charge in [0, 0.05) is 11.3 Å². The fourth-order valence-electron chi connectivity index (χ4n) is 1.65. The summed E-state index contributed by atoms with van der Waals surface area (Å²) < 4.78 is 13.7. The Balaban J connectivity index is 2.32. The second-order valence-electron chi connectivity index (χ2n) is 4.04. The molecule has 102 valence electrons. The number of aromatic carboxylic acids is 1. The Kier molecular flexibility index (Phi) is 3.65. The average Bonchev–Trinajstić information content (AvgIpc) is 2.41. The molecule has 6 heteroatoms. The SMILES string of the molecule is Nc1ccc(C(=O)Nc2c(F)cccc2C(=O)O)cc1. The van der Waals surface area contributed by atoms with Gasteiger partial charge in [-0.05, 0) is 36.4 Å². The van der Waals surface area contributed by atoms with Crippen LogP contribution in [0, 0.1) is 5.82 Å². The van der Waals surface area contributed by atoms with E-state index in [1.54, 1.807) is 0 Å². The highest BCUT2D eigenvalue weighted by molar-refractivity contribution is 6.07. The molecule has 4 N–H and O–H groups in total. The Bertz CT molecular complexity index is 669. The van der Waals surface area contributed by atoms with Crippen LogP contribution in [0.25, 0.3) is 0 Å². The number of carboxylic acids is 1. The van der Waals surface area contributed by atoms with Gasteiger partial charge in [0.25, 0.3) is 5.91 Å². The zero-order valence-corrected chi connectivity index (χ0v) is 10.3. The summed E-state index contributed by atoms with van der Waals surface area (Å²) in [4.78, 5) is 22.9. The predicted molar refractivity (Wildman–Crippen MR) is 72.2 cm³/mol. The van der Waals surface area contributed by atoms with Gasteiger partial charge < -0.3 is 16.2 Å².